The number of hydrogen-bond acceptors (Lipinski definition) is 6. The van der Waals surface area contributed by atoms with Crippen LogP contribution in [0.3, 0.4) is 0 Å². The Bertz CT molecular complexity index is 1660. The van der Waals surface area contributed by atoms with Gasteiger partial charge in [-0.2, -0.15) is 27.1 Å². The number of pyridine rings is 2. The maximum atomic E-state index is 14.9. The van der Waals surface area contributed by atoms with E-state index >= 15 is 0 Å². The van der Waals surface area contributed by atoms with Crippen LogP contribution in [0.2, 0.25) is 0 Å². The molecule has 0 fully saturated rings. The molecule has 0 aliphatic heterocycles. The Morgan fingerprint density at radius 2 is 1.81 bits per heavy atom. The zero-order valence-corrected chi connectivity index (χ0v) is 21.3. The van der Waals surface area contributed by atoms with E-state index < -0.39 is 60.0 Å². The second-order valence-electron chi connectivity index (χ2n) is 9.07. The number of anilines is 1. The molecule has 0 amide bonds. The normalized spacial score (nSPS) is 12.8. The van der Waals surface area contributed by atoms with E-state index in [1.165, 1.54) is 29.0 Å². The molecule has 0 unspecified atom stereocenters. The van der Waals surface area contributed by atoms with Gasteiger partial charge in [0.15, 0.2) is 0 Å². The van der Waals surface area contributed by atoms with E-state index in [-0.39, 0.29) is 41.6 Å². The summed E-state index contributed by atoms with van der Waals surface area (Å²) in [6, 6.07) is 5.03. The number of nitrogens with zero attached hydrogens (tertiary/aromatic N) is 3. The van der Waals surface area contributed by atoms with Crippen LogP contribution in [-0.2, 0) is 17.5 Å². The number of benzene rings is 1. The lowest BCUT2D eigenvalue weighted by Gasteiger charge is -2.22. The van der Waals surface area contributed by atoms with Crippen LogP contribution in [0.5, 0.6) is 0 Å². The predicted molar refractivity (Wildman–Crippen MR) is 135 cm³/mol. The number of aryl methyl sites for hydroxylation is 1. The molecule has 2 N–H and O–H groups in total. The quantitative estimate of drug-likeness (QED) is 0.212. The predicted octanol–water partition coefficient (Wildman–Crippen LogP) is 5.74. The summed E-state index contributed by atoms with van der Waals surface area (Å²) in [7, 11) is 0. The number of ether oxygens (including phenoxy) is 1. The lowest BCUT2D eigenvalue weighted by Crippen LogP contribution is -2.32. The zero-order valence-electron chi connectivity index (χ0n) is 21.3. The Balaban J connectivity index is 1.52. The van der Waals surface area contributed by atoms with Crippen molar-refractivity contribution in [3.63, 3.8) is 0 Å². The molecular formula is C26H21F8N5O3. The van der Waals surface area contributed by atoms with Gasteiger partial charge in [-0.1, -0.05) is 0 Å². The fraction of sp³-hybridized carbons (Fsp3) is 0.308. The van der Waals surface area contributed by atoms with Gasteiger partial charge in [0.05, 0.1) is 29.6 Å². The molecule has 0 radical (unpaired) electrons. The summed E-state index contributed by atoms with van der Waals surface area (Å²) in [5.74, 6) is -0.824. The number of hydrogen-bond donors (Lipinski definition) is 2. The third-order valence-electron chi connectivity index (χ3n) is 6.25. The van der Waals surface area contributed by atoms with Gasteiger partial charge in [-0.05, 0) is 48.6 Å². The van der Waals surface area contributed by atoms with Crippen molar-refractivity contribution in [3.8, 4) is 11.3 Å². The second kappa shape index (κ2) is 12.7. The van der Waals surface area contributed by atoms with E-state index in [2.05, 4.69) is 20.1 Å². The van der Waals surface area contributed by atoms with Crippen LogP contribution in [0.25, 0.3) is 22.0 Å². The average molecular weight is 603 g/mol. The minimum absolute atomic E-state index is 0.0111. The summed E-state index contributed by atoms with van der Waals surface area (Å²) in [5.41, 5.74) is -4.73. The molecule has 3 heterocycles. The largest absolute Gasteiger partial charge is 0.423 e. The number of rotatable bonds is 11. The van der Waals surface area contributed by atoms with Crippen LogP contribution in [0, 0.1) is 5.82 Å². The molecular weight excluding hydrogens is 582 g/mol. The number of alkyl halides is 7. The Morgan fingerprint density at radius 1 is 1.05 bits per heavy atom. The first kappa shape index (κ1) is 30.6. The molecule has 0 aliphatic rings. The molecule has 4 aromatic rings. The van der Waals surface area contributed by atoms with Crippen molar-refractivity contribution in [2.45, 2.75) is 44.6 Å². The Kier molecular flexibility index (Phi) is 9.23. The van der Waals surface area contributed by atoms with Crippen LogP contribution in [0.15, 0.2) is 58.5 Å². The van der Waals surface area contributed by atoms with Gasteiger partial charge in [-0.3, -0.25) is 14.6 Å². The van der Waals surface area contributed by atoms with Crippen LogP contribution in [-0.4, -0.2) is 39.0 Å². The molecule has 8 nitrogen and oxygen atoms in total. The summed E-state index contributed by atoms with van der Waals surface area (Å²) >= 11 is 0. The van der Waals surface area contributed by atoms with Crippen molar-refractivity contribution in [3.05, 3.63) is 86.6 Å². The van der Waals surface area contributed by atoms with E-state index in [1.54, 1.807) is 5.10 Å². The summed E-state index contributed by atoms with van der Waals surface area (Å²) < 4.78 is 111. The van der Waals surface area contributed by atoms with Gasteiger partial charge in [0, 0.05) is 36.1 Å². The topological polar surface area (TPSA) is 102 Å². The van der Waals surface area contributed by atoms with Gasteiger partial charge in [0.25, 0.3) is 17.5 Å². The first-order valence-corrected chi connectivity index (χ1v) is 12.2. The van der Waals surface area contributed by atoms with Gasteiger partial charge in [0.1, 0.15) is 11.4 Å². The number of H-pyrrole nitrogens is 1. The molecule has 0 saturated carbocycles. The summed E-state index contributed by atoms with van der Waals surface area (Å²) in [4.78, 5) is 28.6. The third-order valence-corrected chi connectivity index (χ3v) is 6.25. The highest BCUT2D eigenvalue weighted by Crippen LogP contribution is 2.32. The van der Waals surface area contributed by atoms with Gasteiger partial charge >= 0.3 is 12.8 Å². The maximum Gasteiger partial charge on any atom is 0.423 e. The SMILES string of the molecule is O=c1[nH]ncc(N[C@H](CCCn2ccc3cc(-c4ccc(C(F)F)cn4)c(F)cc3c2=O)COC(F)F)c1C(F)(F)F. The molecule has 0 saturated heterocycles. The summed E-state index contributed by atoms with van der Waals surface area (Å²) in [6.07, 6.45) is -4.80. The molecule has 3 aromatic heterocycles. The monoisotopic (exact) mass is 603 g/mol. The van der Waals surface area contributed by atoms with Gasteiger partial charge in [-0.15, -0.1) is 0 Å². The zero-order chi connectivity index (χ0) is 30.6. The molecule has 224 valence electrons. The van der Waals surface area contributed by atoms with E-state index in [0.717, 1.165) is 18.3 Å². The first-order chi connectivity index (χ1) is 19.8. The lowest BCUT2D eigenvalue weighted by atomic mass is 10.0. The van der Waals surface area contributed by atoms with Crippen LogP contribution in [0.1, 0.15) is 30.4 Å². The number of aromatic nitrogens is 4. The third kappa shape index (κ3) is 7.10. The van der Waals surface area contributed by atoms with E-state index in [9.17, 15) is 44.7 Å². The summed E-state index contributed by atoms with van der Waals surface area (Å²) in [6.45, 7) is -3.97. The maximum absolute atomic E-state index is 14.9. The van der Waals surface area contributed by atoms with Crippen molar-refractivity contribution in [2.75, 3.05) is 11.9 Å². The fourth-order valence-electron chi connectivity index (χ4n) is 4.27. The molecule has 0 aliphatic carbocycles. The van der Waals surface area contributed by atoms with E-state index in [4.69, 9.17) is 0 Å². The fourth-order valence-corrected chi connectivity index (χ4v) is 4.27. The van der Waals surface area contributed by atoms with Crippen molar-refractivity contribution in [1.82, 2.24) is 19.7 Å². The summed E-state index contributed by atoms with van der Waals surface area (Å²) in [5, 5.41) is 7.68. The second-order valence-corrected chi connectivity index (χ2v) is 9.07. The molecule has 1 aromatic carbocycles. The Hall–Kier alpha value is -4.34. The van der Waals surface area contributed by atoms with Crippen molar-refractivity contribution >= 4 is 16.5 Å². The molecule has 4 rings (SSSR count). The van der Waals surface area contributed by atoms with Gasteiger partial charge in [0.2, 0.25) is 0 Å². The van der Waals surface area contributed by atoms with Crippen molar-refractivity contribution in [2.24, 2.45) is 0 Å². The number of halogens is 8. The van der Waals surface area contributed by atoms with Gasteiger partial charge < -0.3 is 14.6 Å². The molecule has 0 bridgehead atoms. The van der Waals surface area contributed by atoms with Crippen molar-refractivity contribution in [1.29, 1.82) is 0 Å². The Labute approximate surface area is 231 Å². The highest BCUT2D eigenvalue weighted by molar-refractivity contribution is 5.86. The number of nitrogens with one attached hydrogen (secondary N) is 2. The number of fused-ring (bicyclic) bond motifs is 1. The molecule has 0 spiro atoms. The number of aromatic amines is 1. The molecule has 42 heavy (non-hydrogen) atoms. The van der Waals surface area contributed by atoms with Crippen molar-refractivity contribution < 1.29 is 39.9 Å². The van der Waals surface area contributed by atoms with E-state index in [0.29, 0.717) is 11.6 Å². The average Bonchev–Trinajstić information content (AvgIpc) is 2.92. The van der Waals surface area contributed by atoms with Gasteiger partial charge in [-0.25, -0.2) is 18.3 Å². The standard InChI is InChI=1S/C26H21F8N5O3/c27-18-9-16-13(8-17(18)19-4-3-14(10-35-19)22(28)29)5-7-39(24(16)41)6-1-2-15(12-42-25(30)31)37-20-11-36-38-23(40)21(20)26(32,33)34/h3-5,7-11,15,22,25H,1-2,6,12H2,(H2,37,38,40)/t15-/m1/s1. The lowest BCUT2D eigenvalue weighted by molar-refractivity contribution is -0.138. The first-order valence-electron chi connectivity index (χ1n) is 12.2. The Morgan fingerprint density at radius 3 is 2.45 bits per heavy atom. The highest BCUT2D eigenvalue weighted by atomic mass is 19.4. The van der Waals surface area contributed by atoms with E-state index in [1.807, 2.05) is 0 Å². The molecule has 1 atom stereocenters. The smallest absolute Gasteiger partial charge is 0.378 e. The highest BCUT2D eigenvalue weighted by Gasteiger charge is 2.37. The minimum Gasteiger partial charge on any atom is -0.378 e. The minimum atomic E-state index is -5.06. The van der Waals surface area contributed by atoms with Crippen LogP contribution < -0.4 is 16.4 Å². The van der Waals surface area contributed by atoms with Crippen LogP contribution >= 0.6 is 0 Å². The van der Waals surface area contributed by atoms with Crippen LogP contribution in [0.4, 0.5) is 40.8 Å². The molecule has 16 heteroatoms.